The number of aromatic nitrogens is 2. The van der Waals surface area contributed by atoms with Crippen LogP contribution in [0.4, 0.5) is 4.39 Å². The highest BCUT2D eigenvalue weighted by molar-refractivity contribution is 5.94. The van der Waals surface area contributed by atoms with Gasteiger partial charge in [-0.2, -0.15) is 4.98 Å². The number of likely N-dealkylation sites (tertiary alicyclic amines) is 1. The number of nitrogens with zero attached hydrogens (tertiary/aromatic N) is 3. The summed E-state index contributed by atoms with van der Waals surface area (Å²) >= 11 is 0. The third-order valence-electron chi connectivity index (χ3n) is 4.70. The molecule has 1 saturated heterocycles. The Morgan fingerprint density at radius 2 is 1.73 bits per heavy atom. The van der Waals surface area contributed by atoms with Gasteiger partial charge in [-0.25, -0.2) is 4.39 Å². The fourth-order valence-corrected chi connectivity index (χ4v) is 3.21. The molecule has 1 aliphatic heterocycles. The van der Waals surface area contributed by atoms with E-state index < -0.39 is 0 Å². The van der Waals surface area contributed by atoms with Gasteiger partial charge in [-0.15, -0.1) is 0 Å². The number of carbonyl (C=O) groups excluding carboxylic acids is 1. The molecule has 0 radical (unpaired) electrons. The van der Waals surface area contributed by atoms with Crippen LogP contribution in [0, 0.1) is 5.82 Å². The van der Waals surface area contributed by atoms with Crippen molar-refractivity contribution in [3.63, 3.8) is 0 Å². The largest absolute Gasteiger partial charge is 0.339 e. The van der Waals surface area contributed by atoms with Gasteiger partial charge in [0.1, 0.15) is 5.82 Å². The predicted molar refractivity (Wildman–Crippen MR) is 94.0 cm³/mol. The Kier molecular flexibility index (Phi) is 4.48. The molecule has 132 valence electrons. The number of benzene rings is 2. The van der Waals surface area contributed by atoms with Gasteiger partial charge in [0.15, 0.2) is 0 Å². The van der Waals surface area contributed by atoms with E-state index in [9.17, 15) is 9.18 Å². The minimum atomic E-state index is -0.342. The van der Waals surface area contributed by atoms with Crippen molar-refractivity contribution < 1.29 is 13.7 Å². The molecule has 3 aromatic rings. The Labute approximate surface area is 150 Å². The SMILES string of the molecule is O=C(c1ccc(F)cc1)N1CCC(c2nc(-c3ccccc3)no2)CC1. The van der Waals surface area contributed by atoms with Gasteiger partial charge in [-0.1, -0.05) is 35.5 Å². The maximum Gasteiger partial charge on any atom is 0.253 e. The summed E-state index contributed by atoms with van der Waals surface area (Å²) in [6, 6.07) is 15.4. The summed E-state index contributed by atoms with van der Waals surface area (Å²) in [5.41, 5.74) is 1.43. The Morgan fingerprint density at radius 1 is 1.04 bits per heavy atom. The molecule has 5 nitrogen and oxygen atoms in total. The van der Waals surface area contributed by atoms with Crippen molar-refractivity contribution in [1.82, 2.24) is 15.0 Å². The Hall–Kier alpha value is -3.02. The molecule has 1 aromatic heterocycles. The van der Waals surface area contributed by atoms with Crippen LogP contribution in [-0.2, 0) is 0 Å². The van der Waals surface area contributed by atoms with Gasteiger partial charge in [0.05, 0.1) is 0 Å². The van der Waals surface area contributed by atoms with Crippen LogP contribution in [0.15, 0.2) is 59.1 Å². The third kappa shape index (κ3) is 3.35. The molecule has 0 N–H and O–H groups in total. The summed E-state index contributed by atoms with van der Waals surface area (Å²) in [5, 5.41) is 4.07. The average molecular weight is 351 g/mol. The summed E-state index contributed by atoms with van der Waals surface area (Å²) in [4.78, 5) is 18.8. The molecule has 6 heteroatoms. The number of amides is 1. The number of hydrogen-bond acceptors (Lipinski definition) is 4. The van der Waals surface area contributed by atoms with Crippen molar-refractivity contribution in [3.8, 4) is 11.4 Å². The lowest BCUT2D eigenvalue weighted by Gasteiger charge is -2.30. The van der Waals surface area contributed by atoms with Crippen molar-refractivity contribution in [3.05, 3.63) is 71.9 Å². The van der Waals surface area contributed by atoms with Crippen LogP contribution in [0.25, 0.3) is 11.4 Å². The van der Waals surface area contributed by atoms with Gasteiger partial charge >= 0.3 is 0 Å². The molecule has 2 heterocycles. The third-order valence-corrected chi connectivity index (χ3v) is 4.70. The van der Waals surface area contributed by atoms with E-state index in [-0.39, 0.29) is 17.6 Å². The fourth-order valence-electron chi connectivity index (χ4n) is 3.21. The molecular weight excluding hydrogens is 333 g/mol. The number of carbonyl (C=O) groups is 1. The van der Waals surface area contributed by atoms with E-state index in [0.717, 1.165) is 18.4 Å². The molecule has 1 aliphatic rings. The fraction of sp³-hybridized carbons (Fsp3) is 0.250. The lowest BCUT2D eigenvalue weighted by molar-refractivity contribution is 0.0704. The first-order chi connectivity index (χ1) is 12.7. The second kappa shape index (κ2) is 7.07. The van der Waals surface area contributed by atoms with Crippen LogP contribution >= 0.6 is 0 Å². The van der Waals surface area contributed by atoms with Gasteiger partial charge in [-0.05, 0) is 37.1 Å². The van der Waals surface area contributed by atoms with E-state index in [2.05, 4.69) is 10.1 Å². The number of halogens is 1. The van der Waals surface area contributed by atoms with Crippen molar-refractivity contribution in [2.45, 2.75) is 18.8 Å². The molecule has 2 aromatic carbocycles. The van der Waals surface area contributed by atoms with Crippen LogP contribution in [0.3, 0.4) is 0 Å². The van der Waals surface area contributed by atoms with E-state index in [1.54, 1.807) is 4.90 Å². The predicted octanol–water partition coefficient (Wildman–Crippen LogP) is 3.90. The topological polar surface area (TPSA) is 59.2 Å². The lowest BCUT2D eigenvalue weighted by atomic mass is 9.96. The molecule has 0 atom stereocenters. The highest BCUT2D eigenvalue weighted by Crippen LogP contribution is 2.29. The second-order valence-corrected chi connectivity index (χ2v) is 6.40. The van der Waals surface area contributed by atoms with E-state index in [4.69, 9.17) is 4.52 Å². The molecule has 0 unspecified atom stereocenters. The minimum Gasteiger partial charge on any atom is -0.339 e. The van der Waals surface area contributed by atoms with Crippen LogP contribution in [-0.4, -0.2) is 34.0 Å². The van der Waals surface area contributed by atoms with Crippen molar-refractivity contribution in [1.29, 1.82) is 0 Å². The number of hydrogen-bond donors (Lipinski definition) is 0. The first-order valence-corrected chi connectivity index (χ1v) is 8.64. The molecule has 4 rings (SSSR count). The van der Waals surface area contributed by atoms with E-state index in [0.29, 0.717) is 30.4 Å². The molecule has 0 aliphatic carbocycles. The maximum atomic E-state index is 13.0. The van der Waals surface area contributed by atoms with Crippen LogP contribution in [0.1, 0.15) is 35.0 Å². The molecule has 0 saturated carbocycles. The lowest BCUT2D eigenvalue weighted by Crippen LogP contribution is -2.38. The van der Waals surface area contributed by atoms with E-state index >= 15 is 0 Å². The summed E-state index contributed by atoms with van der Waals surface area (Å²) < 4.78 is 18.5. The Bertz CT molecular complexity index is 885. The zero-order valence-electron chi connectivity index (χ0n) is 14.1. The zero-order valence-corrected chi connectivity index (χ0v) is 14.1. The maximum absolute atomic E-state index is 13.0. The monoisotopic (exact) mass is 351 g/mol. The minimum absolute atomic E-state index is 0.0704. The van der Waals surface area contributed by atoms with Gasteiger partial charge < -0.3 is 9.42 Å². The molecule has 1 amide bonds. The first-order valence-electron chi connectivity index (χ1n) is 8.64. The van der Waals surface area contributed by atoms with Crippen LogP contribution in [0.5, 0.6) is 0 Å². The number of rotatable bonds is 3. The Balaban J connectivity index is 1.40. The van der Waals surface area contributed by atoms with Gasteiger partial charge in [-0.3, -0.25) is 4.79 Å². The highest BCUT2D eigenvalue weighted by atomic mass is 19.1. The summed E-state index contributed by atoms with van der Waals surface area (Å²) in [7, 11) is 0. The molecule has 0 spiro atoms. The Morgan fingerprint density at radius 3 is 2.42 bits per heavy atom. The molecular formula is C20H18FN3O2. The average Bonchev–Trinajstić information content (AvgIpc) is 3.19. The van der Waals surface area contributed by atoms with Crippen molar-refractivity contribution in [2.24, 2.45) is 0 Å². The zero-order chi connectivity index (χ0) is 17.9. The number of piperidine rings is 1. The van der Waals surface area contributed by atoms with Gasteiger partial charge in [0, 0.05) is 30.1 Å². The van der Waals surface area contributed by atoms with E-state index in [1.165, 1.54) is 24.3 Å². The van der Waals surface area contributed by atoms with Crippen molar-refractivity contribution >= 4 is 5.91 Å². The van der Waals surface area contributed by atoms with Gasteiger partial charge in [0.25, 0.3) is 5.91 Å². The molecule has 1 fully saturated rings. The quantitative estimate of drug-likeness (QED) is 0.718. The van der Waals surface area contributed by atoms with E-state index in [1.807, 2.05) is 30.3 Å². The van der Waals surface area contributed by atoms with Gasteiger partial charge in [0.2, 0.25) is 11.7 Å². The van der Waals surface area contributed by atoms with Crippen molar-refractivity contribution in [2.75, 3.05) is 13.1 Å². The smallest absolute Gasteiger partial charge is 0.253 e. The summed E-state index contributed by atoms with van der Waals surface area (Å²) in [6.45, 7) is 1.23. The van der Waals surface area contributed by atoms with Crippen LogP contribution < -0.4 is 0 Å². The highest BCUT2D eigenvalue weighted by Gasteiger charge is 2.28. The summed E-state index contributed by atoms with van der Waals surface area (Å²) in [5.74, 6) is 0.949. The van der Waals surface area contributed by atoms with Crippen LogP contribution in [0.2, 0.25) is 0 Å². The normalized spacial score (nSPS) is 15.2. The first kappa shape index (κ1) is 16.4. The molecule has 0 bridgehead atoms. The standard InChI is InChI=1S/C20H18FN3O2/c21-17-8-6-16(7-9-17)20(25)24-12-10-15(11-13-24)19-22-18(23-26-19)14-4-2-1-3-5-14/h1-9,15H,10-13H2. The molecule has 26 heavy (non-hydrogen) atoms. The summed E-state index contributed by atoms with van der Waals surface area (Å²) in [6.07, 6.45) is 1.53. The second-order valence-electron chi connectivity index (χ2n) is 6.40.